The third-order valence-electron chi connectivity index (χ3n) is 7.20. The molecule has 9 heteroatoms. The molecule has 1 fully saturated rings. The van der Waals surface area contributed by atoms with Gasteiger partial charge in [0.05, 0.1) is 12.6 Å². The molecule has 196 valence electrons. The van der Waals surface area contributed by atoms with Crippen LogP contribution in [0.15, 0.2) is 42.0 Å². The molecule has 0 spiro atoms. The largest absolute Gasteiger partial charge is 0.489 e. The van der Waals surface area contributed by atoms with E-state index in [0.29, 0.717) is 29.9 Å². The maximum atomic E-state index is 14.8. The molecule has 1 aliphatic heterocycles. The molecule has 3 aromatic rings. The van der Waals surface area contributed by atoms with Gasteiger partial charge >= 0.3 is 5.97 Å². The van der Waals surface area contributed by atoms with Crippen LogP contribution in [0.5, 0.6) is 5.75 Å². The summed E-state index contributed by atoms with van der Waals surface area (Å²) >= 11 is 13.2. The summed E-state index contributed by atoms with van der Waals surface area (Å²) in [6, 6.07) is 12.3. The van der Waals surface area contributed by atoms with E-state index in [0.717, 1.165) is 51.8 Å². The van der Waals surface area contributed by atoms with Gasteiger partial charge < -0.3 is 9.47 Å². The van der Waals surface area contributed by atoms with Gasteiger partial charge in [-0.05, 0) is 79.3 Å². The number of aryl methyl sites for hydroxylation is 1. The molecule has 0 bridgehead atoms. The van der Waals surface area contributed by atoms with Gasteiger partial charge in [0.25, 0.3) is 0 Å². The van der Waals surface area contributed by atoms with Gasteiger partial charge in [-0.3, -0.25) is 9.58 Å². The number of ether oxygens (including phenoxy) is 2. The smallest absolute Gasteiger partial charge is 0.345 e. The van der Waals surface area contributed by atoms with Gasteiger partial charge in [-0.2, -0.15) is 5.10 Å². The Hall–Kier alpha value is -2.61. The lowest BCUT2D eigenvalue weighted by atomic mass is 9.91. The maximum Gasteiger partial charge on any atom is 0.345 e. The average Bonchev–Trinajstić information content (AvgIpc) is 3.44. The first kappa shape index (κ1) is 26.0. The van der Waals surface area contributed by atoms with Crippen molar-refractivity contribution in [2.24, 2.45) is 0 Å². The predicted octanol–water partition coefficient (Wildman–Crippen LogP) is 6.33. The topological polar surface area (TPSA) is 56.6 Å². The molecule has 1 atom stereocenters. The highest BCUT2D eigenvalue weighted by Gasteiger charge is 2.46. The molecule has 0 saturated carbocycles. The number of esters is 1. The molecular formula is C28H30Cl2FN3O3. The molecule has 1 aromatic heterocycles. The van der Waals surface area contributed by atoms with Crippen molar-refractivity contribution in [3.8, 4) is 5.75 Å². The first-order chi connectivity index (χ1) is 17.7. The van der Waals surface area contributed by atoms with E-state index in [9.17, 15) is 9.18 Å². The number of aromatic nitrogens is 2. The lowest BCUT2D eigenvalue weighted by molar-refractivity contribution is -0.153. The fourth-order valence-electron chi connectivity index (χ4n) is 5.22. The number of nitrogens with zero attached hydrogens (tertiary/aromatic N) is 3. The molecule has 0 N–H and O–H groups in total. The lowest BCUT2D eigenvalue weighted by Gasteiger charge is -2.25. The number of methoxy groups -OCH3 is 1. The Balaban J connectivity index is 1.26. The number of benzene rings is 2. The summed E-state index contributed by atoms with van der Waals surface area (Å²) in [5.74, 6) is -0.0270. The minimum Gasteiger partial charge on any atom is -0.489 e. The van der Waals surface area contributed by atoms with E-state index < -0.39 is 11.6 Å². The third-order valence-corrected chi connectivity index (χ3v) is 7.95. The molecule has 0 radical (unpaired) electrons. The van der Waals surface area contributed by atoms with Gasteiger partial charge in [0.2, 0.25) is 5.67 Å². The van der Waals surface area contributed by atoms with E-state index in [-0.39, 0.29) is 19.0 Å². The summed E-state index contributed by atoms with van der Waals surface area (Å²) in [6.45, 7) is 5.62. The van der Waals surface area contributed by atoms with Crippen LogP contribution >= 0.6 is 23.2 Å². The Bertz CT molecular complexity index is 1390. The summed E-state index contributed by atoms with van der Waals surface area (Å²) in [7, 11) is 1.22. The van der Waals surface area contributed by atoms with Crippen molar-refractivity contribution in [2.75, 3.05) is 26.7 Å². The van der Waals surface area contributed by atoms with E-state index in [2.05, 4.69) is 23.7 Å². The van der Waals surface area contributed by atoms with Gasteiger partial charge in [-0.1, -0.05) is 29.3 Å². The molecule has 1 unspecified atom stereocenters. The van der Waals surface area contributed by atoms with Gasteiger partial charge in [0.1, 0.15) is 12.4 Å². The van der Waals surface area contributed by atoms with E-state index in [4.69, 9.17) is 27.9 Å². The SMILES string of the molecule is COC(=O)C1(F)CCN(CC2=C(Cl)c3ccc(OCc4ccc5c(c4)c(Cl)nn5C(C)C)cc3CC2)C1. The van der Waals surface area contributed by atoms with Crippen molar-refractivity contribution in [1.82, 2.24) is 14.7 Å². The summed E-state index contributed by atoms with van der Waals surface area (Å²) in [5, 5.41) is 6.55. The van der Waals surface area contributed by atoms with Crippen molar-refractivity contribution in [1.29, 1.82) is 0 Å². The molecule has 5 rings (SSSR count). The zero-order valence-electron chi connectivity index (χ0n) is 21.2. The number of hydrogen-bond donors (Lipinski definition) is 0. The minimum absolute atomic E-state index is 0.0300. The quantitative estimate of drug-likeness (QED) is 0.324. The fourth-order valence-corrected chi connectivity index (χ4v) is 5.79. The predicted molar refractivity (Wildman–Crippen MR) is 144 cm³/mol. The van der Waals surface area contributed by atoms with Crippen LogP contribution in [-0.4, -0.2) is 53.1 Å². The Morgan fingerprint density at radius 3 is 2.76 bits per heavy atom. The van der Waals surface area contributed by atoms with Crippen molar-refractivity contribution in [3.63, 3.8) is 0 Å². The molecule has 2 aliphatic rings. The van der Waals surface area contributed by atoms with E-state index in [1.165, 1.54) is 7.11 Å². The average molecular weight is 546 g/mol. The van der Waals surface area contributed by atoms with Gasteiger partial charge in [-0.15, -0.1) is 0 Å². The third kappa shape index (κ3) is 5.09. The number of fused-ring (bicyclic) bond motifs is 2. The number of halogens is 3. The van der Waals surface area contributed by atoms with Crippen LogP contribution in [0.25, 0.3) is 15.9 Å². The van der Waals surface area contributed by atoms with Crippen LogP contribution in [0.4, 0.5) is 4.39 Å². The molecule has 1 saturated heterocycles. The zero-order valence-corrected chi connectivity index (χ0v) is 22.7. The highest BCUT2D eigenvalue weighted by Crippen LogP contribution is 2.38. The van der Waals surface area contributed by atoms with E-state index in [1.54, 1.807) is 0 Å². The Morgan fingerprint density at radius 1 is 1.19 bits per heavy atom. The summed E-state index contributed by atoms with van der Waals surface area (Å²) in [6.07, 6.45) is 1.74. The second-order valence-corrected chi connectivity index (χ2v) is 10.9. The van der Waals surface area contributed by atoms with E-state index in [1.807, 2.05) is 46.0 Å². The highest BCUT2D eigenvalue weighted by molar-refractivity contribution is 6.49. The first-order valence-corrected chi connectivity index (χ1v) is 13.2. The first-order valence-electron chi connectivity index (χ1n) is 12.5. The Labute approximate surface area is 225 Å². The normalized spacial score (nSPS) is 20.1. The van der Waals surface area contributed by atoms with Crippen molar-refractivity contribution < 1.29 is 18.7 Å². The summed E-state index contributed by atoms with van der Waals surface area (Å²) < 4.78 is 27.5. The number of carbonyl (C=O) groups excluding carboxylic acids is 1. The molecule has 0 amide bonds. The van der Waals surface area contributed by atoms with Gasteiger partial charge in [0.15, 0.2) is 5.15 Å². The lowest BCUT2D eigenvalue weighted by Crippen LogP contribution is -2.38. The second kappa shape index (κ2) is 10.3. The maximum absolute atomic E-state index is 14.8. The van der Waals surface area contributed by atoms with Crippen molar-refractivity contribution in [3.05, 3.63) is 63.8 Å². The van der Waals surface area contributed by atoms with Crippen molar-refractivity contribution in [2.45, 2.75) is 51.4 Å². The second-order valence-electron chi connectivity index (χ2n) is 10.1. The Kier molecular flexibility index (Phi) is 7.22. The highest BCUT2D eigenvalue weighted by atomic mass is 35.5. The van der Waals surface area contributed by atoms with Gasteiger partial charge in [-0.25, -0.2) is 9.18 Å². The molecule has 1 aliphatic carbocycles. The minimum atomic E-state index is -1.94. The summed E-state index contributed by atoms with van der Waals surface area (Å²) in [5.41, 5.74) is 3.24. The monoisotopic (exact) mass is 545 g/mol. The molecular weight excluding hydrogens is 516 g/mol. The molecule has 37 heavy (non-hydrogen) atoms. The number of hydrogen-bond acceptors (Lipinski definition) is 5. The van der Waals surface area contributed by atoms with Crippen LogP contribution in [0.2, 0.25) is 5.15 Å². The number of carbonyl (C=O) groups is 1. The van der Waals surface area contributed by atoms with Gasteiger partial charge in [0, 0.05) is 42.5 Å². The number of rotatable bonds is 7. The molecule has 2 aromatic carbocycles. The standard InChI is InChI=1S/C28H30Cl2FN3O3/c1-17(2)34-24-9-4-18(12-23(24)26(30)32-34)15-37-21-7-8-22-19(13-21)5-6-20(25(22)29)14-33-11-10-28(31,16-33)27(35)36-3/h4,7-9,12-13,17H,5-6,10-11,14-16H2,1-3H3. The van der Waals surface area contributed by atoms with Crippen LogP contribution in [-0.2, 0) is 22.6 Å². The zero-order chi connectivity index (χ0) is 26.3. The van der Waals surface area contributed by atoms with Crippen LogP contribution in [0.3, 0.4) is 0 Å². The Morgan fingerprint density at radius 2 is 2.00 bits per heavy atom. The van der Waals surface area contributed by atoms with Crippen LogP contribution in [0.1, 0.15) is 49.4 Å². The van der Waals surface area contributed by atoms with Crippen LogP contribution in [0, 0.1) is 0 Å². The van der Waals surface area contributed by atoms with E-state index >= 15 is 0 Å². The molecule has 2 heterocycles. The number of alkyl halides is 1. The molecule has 6 nitrogen and oxygen atoms in total. The fraction of sp³-hybridized carbons (Fsp3) is 0.429. The van der Waals surface area contributed by atoms with Crippen molar-refractivity contribution >= 4 is 45.1 Å². The van der Waals surface area contributed by atoms with Crippen LogP contribution < -0.4 is 4.74 Å². The summed E-state index contributed by atoms with van der Waals surface area (Å²) in [4.78, 5) is 13.7. The number of likely N-dealkylation sites (tertiary alicyclic amines) is 1.